The largest absolute Gasteiger partial charge is 0.325 e. The third-order valence-corrected chi connectivity index (χ3v) is 2.74. The fourth-order valence-corrected chi connectivity index (χ4v) is 1.65. The Morgan fingerprint density at radius 3 is 2.71 bits per heavy atom. The normalized spacial score (nSPS) is 15.9. The SMILES string of the molecule is Cc1cccc(NC(=O)C(C)NC2CC2)c1.Cl. The van der Waals surface area contributed by atoms with Gasteiger partial charge in [0.25, 0.3) is 0 Å². The summed E-state index contributed by atoms with van der Waals surface area (Å²) in [7, 11) is 0. The number of carbonyl (C=O) groups is 1. The first kappa shape index (κ1) is 14.0. The lowest BCUT2D eigenvalue weighted by molar-refractivity contribution is -0.117. The van der Waals surface area contributed by atoms with E-state index in [4.69, 9.17) is 0 Å². The number of halogens is 1. The summed E-state index contributed by atoms with van der Waals surface area (Å²) >= 11 is 0. The van der Waals surface area contributed by atoms with E-state index in [0.29, 0.717) is 6.04 Å². The third kappa shape index (κ3) is 4.36. The minimum Gasteiger partial charge on any atom is -0.325 e. The Morgan fingerprint density at radius 2 is 2.12 bits per heavy atom. The van der Waals surface area contributed by atoms with E-state index >= 15 is 0 Å². The molecule has 2 rings (SSSR count). The molecule has 1 fully saturated rings. The third-order valence-electron chi connectivity index (χ3n) is 2.74. The Balaban J connectivity index is 0.00000144. The van der Waals surface area contributed by atoms with Crippen LogP contribution in [0.25, 0.3) is 0 Å². The van der Waals surface area contributed by atoms with Gasteiger partial charge in [-0.25, -0.2) is 0 Å². The Hall–Kier alpha value is -1.06. The molecule has 0 aromatic heterocycles. The standard InChI is InChI=1S/C13H18N2O.ClH/c1-9-4-3-5-12(8-9)15-13(16)10(2)14-11-6-7-11;/h3-5,8,10-11,14H,6-7H2,1-2H3,(H,15,16);1H. The van der Waals surface area contributed by atoms with Crippen LogP contribution in [0.3, 0.4) is 0 Å². The highest BCUT2D eigenvalue weighted by molar-refractivity contribution is 5.94. The van der Waals surface area contributed by atoms with Gasteiger partial charge in [0, 0.05) is 11.7 Å². The Kier molecular flexibility index (Phi) is 4.97. The zero-order valence-corrected chi connectivity index (χ0v) is 11.0. The lowest BCUT2D eigenvalue weighted by Gasteiger charge is -2.13. The van der Waals surface area contributed by atoms with E-state index in [1.54, 1.807) is 0 Å². The van der Waals surface area contributed by atoms with Gasteiger partial charge in [-0.05, 0) is 44.4 Å². The summed E-state index contributed by atoms with van der Waals surface area (Å²) in [6.07, 6.45) is 2.39. The molecule has 1 unspecified atom stereocenters. The minimum atomic E-state index is -0.118. The van der Waals surface area contributed by atoms with E-state index in [0.717, 1.165) is 11.3 Å². The monoisotopic (exact) mass is 254 g/mol. The van der Waals surface area contributed by atoms with Crippen molar-refractivity contribution in [2.24, 2.45) is 0 Å². The molecule has 0 aliphatic heterocycles. The molecule has 0 heterocycles. The summed E-state index contributed by atoms with van der Waals surface area (Å²) in [4.78, 5) is 11.8. The molecule has 0 radical (unpaired) electrons. The van der Waals surface area contributed by atoms with Crippen LogP contribution in [-0.4, -0.2) is 18.0 Å². The van der Waals surface area contributed by atoms with Crippen molar-refractivity contribution in [1.29, 1.82) is 0 Å². The van der Waals surface area contributed by atoms with Gasteiger partial charge in [-0.1, -0.05) is 12.1 Å². The molecule has 17 heavy (non-hydrogen) atoms. The van der Waals surface area contributed by atoms with Gasteiger partial charge >= 0.3 is 0 Å². The van der Waals surface area contributed by atoms with Crippen LogP contribution in [0, 0.1) is 6.92 Å². The smallest absolute Gasteiger partial charge is 0.241 e. The van der Waals surface area contributed by atoms with Crippen molar-refractivity contribution in [1.82, 2.24) is 5.32 Å². The molecular weight excluding hydrogens is 236 g/mol. The zero-order chi connectivity index (χ0) is 11.5. The Labute approximate surface area is 108 Å². The Morgan fingerprint density at radius 1 is 1.41 bits per heavy atom. The van der Waals surface area contributed by atoms with E-state index in [-0.39, 0.29) is 24.4 Å². The average Bonchev–Trinajstić information content (AvgIpc) is 3.01. The van der Waals surface area contributed by atoms with Gasteiger partial charge in [0.1, 0.15) is 0 Å². The van der Waals surface area contributed by atoms with Crippen molar-refractivity contribution in [3.8, 4) is 0 Å². The van der Waals surface area contributed by atoms with Crippen molar-refractivity contribution >= 4 is 24.0 Å². The minimum absolute atomic E-state index is 0. The molecule has 3 nitrogen and oxygen atoms in total. The summed E-state index contributed by atoms with van der Waals surface area (Å²) in [5.74, 6) is 0.0394. The van der Waals surface area contributed by atoms with Crippen LogP contribution in [0.2, 0.25) is 0 Å². The highest BCUT2D eigenvalue weighted by Crippen LogP contribution is 2.19. The molecule has 4 heteroatoms. The van der Waals surface area contributed by atoms with Gasteiger partial charge in [0.2, 0.25) is 5.91 Å². The van der Waals surface area contributed by atoms with E-state index < -0.39 is 0 Å². The summed E-state index contributed by atoms with van der Waals surface area (Å²) in [5, 5.41) is 6.19. The second-order valence-corrected chi connectivity index (χ2v) is 4.52. The molecule has 1 aliphatic rings. The maximum Gasteiger partial charge on any atom is 0.241 e. The summed E-state index contributed by atoms with van der Waals surface area (Å²) in [5.41, 5.74) is 2.02. The summed E-state index contributed by atoms with van der Waals surface area (Å²) < 4.78 is 0. The molecule has 94 valence electrons. The molecule has 1 aromatic rings. The molecule has 0 saturated heterocycles. The van der Waals surface area contributed by atoms with E-state index in [9.17, 15) is 4.79 Å². The number of benzene rings is 1. The topological polar surface area (TPSA) is 41.1 Å². The molecule has 1 aliphatic carbocycles. The molecule has 2 N–H and O–H groups in total. The number of amides is 1. The molecule has 1 amide bonds. The second-order valence-electron chi connectivity index (χ2n) is 4.52. The van der Waals surface area contributed by atoms with Crippen LogP contribution in [-0.2, 0) is 4.79 Å². The lowest BCUT2D eigenvalue weighted by atomic mass is 10.2. The van der Waals surface area contributed by atoms with Crippen LogP contribution in [0.5, 0.6) is 0 Å². The van der Waals surface area contributed by atoms with Crippen molar-refractivity contribution in [2.45, 2.75) is 38.8 Å². The molecule has 1 aromatic carbocycles. The second kappa shape index (κ2) is 6.03. The number of rotatable bonds is 4. The average molecular weight is 255 g/mol. The molecule has 1 saturated carbocycles. The zero-order valence-electron chi connectivity index (χ0n) is 10.2. The van der Waals surface area contributed by atoms with Crippen LogP contribution in [0.15, 0.2) is 24.3 Å². The number of carbonyl (C=O) groups excluding carboxylic acids is 1. The molecular formula is C13H19ClN2O. The Bertz CT molecular complexity index is 391. The van der Waals surface area contributed by atoms with Crippen molar-refractivity contribution in [3.05, 3.63) is 29.8 Å². The summed E-state index contributed by atoms with van der Waals surface area (Å²) in [6.45, 7) is 3.92. The number of nitrogens with one attached hydrogen (secondary N) is 2. The van der Waals surface area contributed by atoms with Crippen LogP contribution < -0.4 is 10.6 Å². The van der Waals surface area contributed by atoms with E-state index in [1.165, 1.54) is 12.8 Å². The van der Waals surface area contributed by atoms with Crippen molar-refractivity contribution in [3.63, 3.8) is 0 Å². The fourth-order valence-electron chi connectivity index (χ4n) is 1.65. The maximum absolute atomic E-state index is 11.8. The highest BCUT2D eigenvalue weighted by Gasteiger charge is 2.25. The first-order valence-electron chi connectivity index (χ1n) is 5.79. The predicted molar refractivity (Wildman–Crippen MR) is 72.7 cm³/mol. The number of hydrogen-bond donors (Lipinski definition) is 2. The quantitative estimate of drug-likeness (QED) is 0.867. The van der Waals surface area contributed by atoms with Crippen molar-refractivity contribution in [2.75, 3.05) is 5.32 Å². The van der Waals surface area contributed by atoms with Crippen LogP contribution >= 0.6 is 12.4 Å². The molecule has 0 bridgehead atoms. The van der Waals surface area contributed by atoms with E-state index in [1.807, 2.05) is 38.1 Å². The molecule has 0 spiro atoms. The van der Waals surface area contributed by atoms with Crippen LogP contribution in [0.4, 0.5) is 5.69 Å². The van der Waals surface area contributed by atoms with Crippen molar-refractivity contribution < 1.29 is 4.79 Å². The van der Waals surface area contributed by atoms with Gasteiger partial charge in [0.15, 0.2) is 0 Å². The fraction of sp³-hybridized carbons (Fsp3) is 0.462. The maximum atomic E-state index is 11.8. The van der Waals surface area contributed by atoms with Crippen LogP contribution in [0.1, 0.15) is 25.3 Å². The molecule has 1 atom stereocenters. The predicted octanol–water partition coefficient (Wildman–Crippen LogP) is 2.50. The van der Waals surface area contributed by atoms with Gasteiger partial charge in [0.05, 0.1) is 6.04 Å². The number of anilines is 1. The first-order valence-corrected chi connectivity index (χ1v) is 5.79. The lowest BCUT2D eigenvalue weighted by Crippen LogP contribution is -2.39. The number of hydrogen-bond acceptors (Lipinski definition) is 2. The van der Waals surface area contributed by atoms with Gasteiger partial charge in [-0.2, -0.15) is 0 Å². The van der Waals surface area contributed by atoms with Gasteiger partial charge in [-0.15, -0.1) is 12.4 Å². The van der Waals surface area contributed by atoms with Gasteiger partial charge < -0.3 is 10.6 Å². The highest BCUT2D eigenvalue weighted by atomic mass is 35.5. The van der Waals surface area contributed by atoms with Gasteiger partial charge in [-0.3, -0.25) is 4.79 Å². The summed E-state index contributed by atoms with van der Waals surface area (Å²) in [6, 6.07) is 8.29. The van der Waals surface area contributed by atoms with E-state index in [2.05, 4.69) is 10.6 Å². The number of aryl methyl sites for hydroxylation is 1. The first-order chi connectivity index (χ1) is 7.65.